The Morgan fingerprint density at radius 1 is 0.900 bits per heavy atom. The molecule has 2 saturated heterocycles. The van der Waals surface area contributed by atoms with Gasteiger partial charge in [0.2, 0.25) is 5.95 Å². The van der Waals surface area contributed by atoms with Crippen molar-refractivity contribution in [2.75, 3.05) is 41.7 Å². The molecule has 8 rings (SSSR count). The fourth-order valence-corrected chi connectivity index (χ4v) is 7.96. The van der Waals surface area contributed by atoms with Crippen LogP contribution in [0.2, 0.25) is 0 Å². The van der Waals surface area contributed by atoms with Gasteiger partial charge in [0.05, 0.1) is 29.0 Å². The number of fused-ring (bicyclic) bond motifs is 7. The standard InChI is InChI=1S/C39H45F2N9/c1-25-16-27-17-36(43-25)34-22-42-47(3)37(34)8-6-4-5-7-13-50-38-21-30(9-10-35(38)46-39(50)44-26(27)2)45-31-23-49(24-31)32-11-14-48(15-12-32)33-19-28(40)18-29(41)20-33/h9-10,16-22,31-32,45H,2,4-8,11-15,23-24H2,1,3H3,(H,44,46). The van der Waals surface area contributed by atoms with Gasteiger partial charge >= 0.3 is 0 Å². The van der Waals surface area contributed by atoms with Crippen molar-refractivity contribution in [1.29, 1.82) is 0 Å². The van der Waals surface area contributed by atoms with Crippen LogP contribution in [-0.2, 0) is 20.0 Å². The molecule has 260 valence electrons. The van der Waals surface area contributed by atoms with E-state index in [0.717, 1.165) is 135 Å². The highest BCUT2D eigenvalue weighted by Crippen LogP contribution is 2.32. The zero-order chi connectivity index (χ0) is 34.4. The second kappa shape index (κ2) is 13.5. The molecule has 0 saturated carbocycles. The third-order valence-corrected chi connectivity index (χ3v) is 10.7. The first-order valence-corrected chi connectivity index (χ1v) is 18.0. The van der Waals surface area contributed by atoms with Crippen LogP contribution >= 0.6 is 0 Å². The maximum absolute atomic E-state index is 13.8. The highest BCUT2D eigenvalue weighted by molar-refractivity contribution is 5.85. The van der Waals surface area contributed by atoms with Gasteiger partial charge in [-0.15, -0.1) is 0 Å². The second-order valence-corrected chi connectivity index (χ2v) is 14.2. The minimum absolute atomic E-state index is 0.370. The molecule has 2 bridgehead atoms. The third kappa shape index (κ3) is 6.58. The molecule has 0 radical (unpaired) electrons. The number of aryl methyl sites for hydroxylation is 3. The Labute approximate surface area is 292 Å². The molecule has 11 heteroatoms. The van der Waals surface area contributed by atoms with E-state index in [-0.39, 0.29) is 0 Å². The van der Waals surface area contributed by atoms with E-state index in [9.17, 15) is 8.78 Å². The van der Waals surface area contributed by atoms with E-state index in [0.29, 0.717) is 17.8 Å². The molecule has 3 aromatic heterocycles. The summed E-state index contributed by atoms with van der Waals surface area (Å²) in [5.74, 6) is -0.240. The lowest BCUT2D eigenvalue weighted by atomic mass is 9.97. The van der Waals surface area contributed by atoms with Gasteiger partial charge in [-0.25, -0.2) is 13.8 Å². The minimum atomic E-state index is -0.521. The van der Waals surface area contributed by atoms with Gasteiger partial charge in [0.15, 0.2) is 0 Å². The first-order chi connectivity index (χ1) is 24.3. The number of pyridine rings is 1. The monoisotopic (exact) mass is 677 g/mol. The van der Waals surface area contributed by atoms with E-state index < -0.39 is 11.6 Å². The van der Waals surface area contributed by atoms with Crippen molar-refractivity contribution >= 4 is 34.1 Å². The summed E-state index contributed by atoms with van der Waals surface area (Å²) in [5, 5.41) is 11.9. The molecule has 0 amide bonds. The van der Waals surface area contributed by atoms with Crippen molar-refractivity contribution in [3.05, 3.63) is 89.9 Å². The number of imidazole rings is 1. The number of nitrogens with zero attached hydrogens (tertiary/aromatic N) is 7. The first kappa shape index (κ1) is 32.4. The van der Waals surface area contributed by atoms with Gasteiger partial charge in [-0.3, -0.25) is 14.6 Å². The van der Waals surface area contributed by atoms with Crippen molar-refractivity contribution < 1.29 is 8.78 Å². The Bertz CT molecular complexity index is 2010. The van der Waals surface area contributed by atoms with Gasteiger partial charge in [0, 0.05) is 91.5 Å². The lowest BCUT2D eigenvalue weighted by molar-refractivity contribution is 0.0868. The van der Waals surface area contributed by atoms with Crippen molar-refractivity contribution in [2.24, 2.45) is 7.05 Å². The van der Waals surface area contributed by atoms with E-state index >= 15 is 0 Å². The van der Waals surface area contributed by atoms with E-state index in [1.807, 2.05) is 24.9 Å². The van der Waals surface area contributed by atoms with Crippen LogP contribution in [0, 0.1) is 18.6 Å². The minimum Gasteiger partial charge on any atom is -0.380 e. The number of likely N-dealkylation sites (tertiary alicyclic amines) is 1. The van der Waals surface area contributed by atoms with Crippen molar-refractivity contribution in [3.8, 4) is 11.3 Å². The molecule has 9 nitrogen and oxygen atoms in total. The van der Waals surface area contributed by atoms with E-state index in [1.165, 1.54) is 17.8 Å². The van der Waals surface area contributed by atoms with Crippen LogP contribution in [0.5, 0.6) is 0 Å². The second-order valence-electron chi connectivity index (χ2n) is 14.2. The molecule has 0 atom stereocenters. The number of anilines is 3. The number of rotatable bonds is 4. The molecule has 2 aromatic carbocycles. The first-order valence-electron chi connectivity index (χ1n) is 18.0. The third-order valence-electron chi connectivity index (χ3n) is 10.7. The smallest absolute Gasteiger partial charge is 0.208 e. The van der Waals surface area contributed by atoms with Crippen molar-refractivity contribution in [1.82, 2.24) is 29.2 Å². The zero-order valence-electron chi connectivity index (χ0n) is 28.9. The Kier molecular flexibility index (Phi) is 8.76. The maximum atomic E-state index is 13.8. The molecular weight excluding hydrogens is 632 g/mol. The molecule has 2 fully saturated rings. The summed E-state index contributed by atoms with van der Waals surface area (Å²) < 4.78 is 31.8. The Morgan fingerprint density at radius 3 is 2.48 bits per heavy atom. The summed E-state index contributed by atoms with van der Waals surface area (Å²) in [4.78, 5) is 14.6. The average molecular weight is 678 g/mol. The molecular formula is C39H45F2N9. The molecule has 5 aromatic rings. The van der Waals surface area contributed by atoms with Crippen LogP contribution in [0.1, 0.15) is 55.5 Å². The number of hydrogen-bond donors (Lipinski definition) is 2. The molecule has 50 heavy (non-hydrogen) atoms. The molecule has 3 aliphatic heterocycles. The predicted molar refractivity (Wildman–Crippen MR) is 196 cm³/mol. The SMILES string of the molecule is C=C1Nc2nc3ccc(NC4CN(C5CCN(c6cc(F)cc(F)c6)CC5)C4)cc3n2CCCCCCc2c(cnn2C)-c2cc1cc(C)n2. The zero-order valence-corrected chi connectivity index (χ0v) is 28.9. The van der Waals surface area contributed by atoms with Gasteiger partial charge < -0.3 is 20.1 Å². The van der Waals surface area contributed by atoms with Gasteiger partial charge in [0.25, 0.3) is 0 Å². The largest absolute Gasteiger partial charge is 0.380 e. The summed E-state index contributed by atoms with van der Waals surface area (Å²) in [6.45, 7) is 10.9. The Morgan fingerprint density at radius 2 is 1.68 bits per heavy atom. The fraction of sp³-hybridized carbons (Fsp3) is 0.410. The number of nitrogens with one attached hydrogen (secondary N) is 2. The number of aromatic nitrogens is 5. The molecule has 6 heterocycles. The lowest BCUT2D eigenvalue weighted by Gasteiger charge is -2.47. The van der Waals surface area contributed by atoms with Gasteiger partial charge in [0.1, 0.15) is 11.6 Å². The van der Waals surface area contributed by atoms with Gasteiger partial charge in [-0.05, 0) is 81.5 Å². The summed E-state index contributed by atoms with van der Waals surface area (Å²) in [6.07, 6.45) is 9.32. The van der Waals surface area contributed by atoms with Crippen LogP contribution in [0.25, 0.3) is 28.0 Å². The average Bonchev–Trinajstić information content (AvgIpc) is 3.61. The number of halogens is 2. The fourth-order valence-electron chi connectivity index (χ4n) is 7.96. The summed E-state index contributed by atoms with van der Waals surface area (Å²) in [5.41, 5.74) is 9.74. The highest BCUT2D eigenvalue weighted by Gasteiger charge is 2.34. The van der Waals surface area contributed by atoms with Crippen LogP contribution in [0.4, 0.5) is 26.1 Å². The maximum Gasteiger partial charge on any atom is 0.208 e. The predicted octanol–water partition coefficient (Wildman–Crippen LogP) is 7.38. The van der Waals surface area contributed by atoms with E-state index in [2.05, 4.69) is 67.0 Å². The van der Waals surface area contributed by atoms with Crippen LogP contribution in [-0.4, -0.2) is 67.5 Å². The molecule has 0 unspecified atom stereocenters. The Hall–Kier alpha value is -4.77. The Balaban J connectivity index is 0.956. The molecule has 2 N–H and O–H groups in total. The van der Waals surface area contributed by atoms with Crippen molar-refractivity contribution in [3.63, 3.8) is 0 Å². The molecule has 3 aliphatic rings. The van der Waals surface area contributed by atoms with Crippen LogP contribution in [0.15, 0.2) is 61.3 Å². The highest BCUT2D eigenvalue weighted by atomic mass is 19.1. The number of hydrogen-bond acceptors (Lipinski definition) is 7. The molecule has 0 spiro atoms. The summed E-state index contributed by atoms with van der Waals surface area (Å²) >= 11 is 0. The molecule has 0 aliphatic carbocycles. The topological polar surface area (TPSA) is 79.1 Å². The van der Waals surface area contributed by atoms with E-state index in [1.54, 1.807) is 0 Å². The normalized spacial score (nSPS) is 18.2. The van der Waals surface area contributed by atoms with Crippen LogP contribution in [0.3, 0.4) is 0 Å². The van der Waals surface area contributed by atoms with Crippen molar-refractivity contribution in [2.45, 2.75) is 70.5 Å². The summed E-state index contributed by atoms with van der Waals surface area (Å²) in [6, 6.07) is 15.3. The van der Waals surface area contributed by atoms with Gasteiger partial charge in [-0.1, -0.05) is 19.4 Å². The van der Waals surface area contributed by atoms with Gasteiger partial charge in [-0.2, -0.15) is 5.10 Å². The van der Waals surface area contributed by atoms with Crippen LogP contribution < -0.4 is 15.5 Å². The lowest BCUT2D eigenvalue weighted by Crippen LogP contribution is -2.60. The number of benzene rings is 2. The summed E-state index contributed by atoms with van der Waals surface area (Å²) in [7, 11) is 2.02. The van der Waals surface area contributed by atoms with E-state index in [4.69, 9.17) is 9.97 Å². The number of piperidine rings is 1. The quantitative estimate of drug-likeness (QED) is 0.206.